The number of nitrogens with zero attached hydrogens (tertiary/aromatic N) is 1. The summed E-state index contributed by atoms with van der Waals surface area (Å²) in [5.74, 6) is -0.855. The molecule has 1 unspecified atom stereocenters. The SMILES string of the molecule is CCC(O)c1ccc2c(c1)CC(=O)N2CCCC(=O)O. The van der Waals surface area contributed by atoms with Crippen molar-refractivity contribution in [3.8, 4) is 0 Å². The number of carboxylic acid groups (broad SMARTS) is 1. The quantitative estimate of drug-likeness (QED) is 0.832. The van der Waals surface area contributed by atoms with Crippen molar-refractivity contribution in [2.45, 2.75) is 38.7 Å². The van der Waals surface area contributed by atoms with E-state index in [-0.39, 0.29) is 12.3 Å². The van der Waals surface area contributed by atoms with Crippen LogP contribution in [-0.4, -0.2) is 28.6 Å². The van der Waals surface area contributed by atoms with E-state index in [9.17, 15) is 14.7 Å². The highest BCUT2D eigenvalue weighted by molar-refractivity contribution is 6.01. The molecular formula is C15H19NO4. The molecule has 1 aliphatic heterocycles. The second kappa shape index (κ2) is 6.05. The van der Waals surface area contributed by atoms with Crippen molar-refractivity contribution < 1.29 is 19.8 Å². The molecule has 1 amide bonds. The van der Waals surface area contributed by atoms with E-state index in [0.717, 1.165) is 16.8 Å². The Balaban J connectivity index is 2.13. The lowest BCUT2D eigenvalue weighted by molar-refractivity contribution is -0.137. The highest BCUT2D eigenvalue weighted by atomic mass is 16.4. The molecule has 0 bridgehead atoms. The van der Waals surface area contributed by atoms with Gasteiger partial charge in [0.05, 0.1) is 12.5 Å². The summed E-state index contributed by atoms with van der Waals surface area (Å²) >= 11 is 0. The van der Waals surface area contributed by atoms with Crippen LogP contribution in [0.15, 0.2) is 18.2 Å². The van der Waals surface area contributed by atoms with E-state index in [1.807, 2.05) is 25.1 Å². The normalized spacial score (nSPS) is 15.3. The fraction of sp³-hybridized carbons (Fsp3) is 0.467. The summed E-state index contributed by atoms with van der Waals surface area (Å²) < 4.78 is 0. The maximum absolute atomic E-state index is 12.0. The third kappa shape index (κ3) is 2.99. The fourth-order valence-electron chi connectivity index (χ4n) is 2.48. The van der Waals surface area contributed by atoms with Crippen LogP contribution < -0.4 is 4.90 Å². The van der Waals surface area contributed by atoms with Crippen LogP contribution in [0.2, 0.25) is 0 Å². The number of aliphatic hydroxyl groups excluding tert-OH is 1. The molecule has 0 saturated heterocycles. The average molecular weight is 277 g/mol. The second-order valence-electron chi connectivity index (χ2n) is 5.03. The minimum absolute atomic E-state index is 0.00599. The minimum atomic E-state index is -0.849. The summed E-state index contributed by atoms with van der Waals surface area (Å²) in [6, 6.07) is 5.55. The number of anilines is 1. The van der Waals surface area contributed by atoms with Crippen LogP contribution in [0.3, 0.4) is 0 Å². The van der Waals surface area contributed by atoms with Crippen molar-refractivity contribution >= 4 is 17.6 Å². The van der Waals surface area contributed by atoms with Crippen LogP contribution >= 0.6 is 0 Å². The molecule has 1 atom stereocenters. The van der Waals surface area contributed by atoms with Gasteiger partial charge in [-0.1, -0.05) is 19.1 Å². The summed E-state index contributed by atoms with van der Waals surface area (Å²) in [6.45, 7) is 2.33. The first-order valence-corrected chi connectivity index (χ1v) is 6.86. The molecule has 0 aromatic heterocycles. The van der Waals surface area contributed by atoms with Crippen molar-refractivity contribution in [2.75, 3.05) is 11.4 Å². The molecule has 0 saturated carbocycles. The van der Waals surface area contributed by atoms with Crippen LogP contribution in [-0.2, 0) is 16.0 Å². The van der Waals surface area contributed by atoms with Gasteiger partial charge in [0.1, 0.15) is 0 Å². The number of amides is 1. The van der Waals surface area contributed by atoms with Crippen LogP contribution in [0.5, 0.6) is 0 Å². The zero-order valence-electron chi connectivity index (χ0n) is 11.5. The number of benzene rings is 1. The van der Waals surface area contributed by atoms with Crippen molar-refractivity contribution in [3.05, 3.63) is 29.3 Å². The number of carboxylic acids is 1. The Bertz CT molecular complexity index is 527. The van der Waals surface area contributed by atoms with Gasteiger partial charge in [-0.25, -0.2) is 0 Å². The zero-order chi connectivity index (χ0) is 14.7. The van der Waals surface area contributed by atoms with E-state index < -0.39 is 12.1 Å². The van der Waals surface area contributed by atoms with E-state index in [0.29, 0.717) is 25.8 Å². The van der Waals surface area contributed by atoms with Gasteiger partial charge in [-0.3, -0.25) is 9.59 Å². The number of aliphatic hydroxyl groups is 1. The van der Waals surface area contributed by atoms with Gasteiger partial charge in [-0.05, 0) is 30.0 Å². The Morgan fingerprint density at radius 3 is 2.85 bits per heavy atom. The molecule has 0 fully saturated rings. The molecule has 2 rings (SSSR count). The van der Waals surface area contributed by atoms with Gasteiger partial charge >= 0.3 is 5.97 Å². The maximum atomic E-state index is 12.0. The lowest BCUT2D eigenvalue weighted by Gasteiger charge is -2.17. The molecule has 1 aliphatic rings. The topological polar surface area (TPSA) is 77.8 Å². The smallest absolute Gasteiger partial charge is 0.303 e. The van der Waals surface area contributed by atoms with Gasteiger partial charge in [0.2, 0.25) is 5.91 Å². The van der Waals surface area contributed by atoms with Gasteiger partial charge < -0.3 is 15.1 Å². The number of hydrogen-bond acceptors (Lipinski definition) is 3. The molecule has 108 valence electrons. The van der Waals surface area contributed by atoms with Crippen LogP contribution in [0.4, 0.5) is 5.69 Å². The van der Waals surface area contributed by atoms with Crippen LogP contribution in [0, 0.1) is 0 Å². The summed E-state index contributed by atoms with van der Waals surface area (Å²) in [4.78, 5) is 24.1. The predicted octanol–water partition coefficient (Wildman–Crippen LogP) is 1.88. The highest BCUT2D eigenvalue weighted by Crippen LogP contribution is 2.32. The van der Waals surface area contributed by atoms with Crippen molar-refractivity contribution in [3.63, 3.8) is 0 Å². The molecule has 1 aromatic rings. The molecule has 1 heterocycles. The van der Waals surface area contributed by atoms with E-state index in [1.165, 1.54) is 0 Å². The number of carbonyl (C=O) groups is 2. The Morgan fingerprint density at radius 2 is 2.20 bits per heavy atom. The molecule has 2 N–H and O–H groups in total. The number of rotatable bonds is 6. The molecular weight excluding hydrogens is 258 g/mol. The zero-order valence-corrected chi connectivity index (χ0v) is 11.5. The summed E-state index contributed by atoms with van der Waals surface area (Å²) in [6.07, 6.45) is 0.962. The molecule has 1 aromatic carbocycles. The standard InChI is InChI=1S/C15H19NO4/c1-2-13(17)10-5-6-12-11(8-10)9-14(18)16(12)7-3-4-15(19)20/h5-6,8,13,17H,2-4,7,9H2,1H3,(H,19,20). The van der Waals surface area contributed by atoms with Crippen LogP contribution in [0.1, 0.15) is 43.4 Å². The van der Waals surface area contributed by atoms with Gasteiger partial charge in [0.25, 0.3) is 0 Å². The first-order chi connectivity index (χ1) is 9.52. The Hall–Kier alpha value is -1.88. The van der Waals surface area contributed by atoms with Gasteiger partial charge in [-0.15, -0.1) is 0 Å². The van der Waals surface area contributed by atoms with Crippen molar-refractivity contribution in [1.29, 1.82) is 0 Å². The molecule has 0 spiro atoms. The molecule has 20 heavy (non-hydrogen) atoms. The first-order valence-electron chi connectivity index (χ1n) is 6.86. The monoisotopic (exact) mass is 277 g/mol. The van der Waals surface area contributed by atoms with E-state index in [4.69, 9.17) is 5.11 Å². The van der Waals surface area contributed by atoms with E-state index in [1.54, 1.807) is 4.90 Å². The third-order valence-corrected chi connectivity index (χ3v) is 3.58. The molecule has 0 radical (unpaired) electrons. The first kappa shape index (κ1) is 14.5. The Morgan fingerprint density at radius 1 is 1.45 bits per heavy atom. The fourth-order valence-corrected chi connectivity index (χ4v) is 2.48. The van der Waals surface area contributed by atoms with E-state index >= 15 is 0 Å². The third-order valence-electron chi connectivity index (χ3n) is 3.58. The molecule has 0 aliphatic carbocycles. The lowest BCUT2D eigenvalue weighted by Crippen LogP contribution is -2.28. The highest BCUT2D eigenvalue weighted by Gasteiger charge is 2.27. The van der Waals surface area contributed by atoms with Crippen molar-refractivity contribution in [1.82, 2.24) is 0 Å². The molecule has 5 heteroatoms. The summed E-state index contributed by atoms with van der Waals surface area (Å²) in [5, 5.41) is 18.5. The minimum Gasteiger partial charge on any atom is -0.481 e. The molecule has 5 nitrogen and oxygen atoms in total. The second-order valence-corrected chi connectivity index (χ2v) is 5.03. The lowest BCUT2D eigenvalue weighted by atomic mass is 10.0. The summed E-state index contributed by atoms with van der Waals surface area (Å²) in [5.41, 5.74) is 2.58. The number of fused-ring (bicyclic) bond motifs is 1. The Kier molecular flexibility index (Phi) is 4.39. The van der Waals surface area contributed by atoms with Gasteiger partial charge in [-0.2, -0.15) is 0 Å². The van der Waals surface area contributed by atoms with Gasteiger partial charge in [0, 0.05) is 18.7 Å². The largest absolute Gasteiger partial charge is 0.481 e. The van der Waals surface area contributed by atoms with Crippen LogP contribution in [0.25, 0.3) is 0 Å². The number of hydrogen-bond donors (Lipinski definition) is 2. The Labute approximate surface area is 117 Å². The maximum Gasteiger partial charge on any atom is 0.303 e. The van der Waals surface area contributed by atoms with E-state index in [2.05, 4.69) is 0 Å². The predicted molar refractivity (Wildman–Crippen MR) is 74.6 cm³/mol. The summed E-state index contributed by atoms with van der Waals surface area (Å²) in [7, 11) is 0. The number of aliphatic carboxylic acids is 1. The average Bonchev–Trinajstić information content (AvgIpc) is 2.73. The number of carbonyl (C=O) groups excluding carboxylic acids is 1. The van der Waals surface area contributed by atoms with Crippen molar-refractivity contribution in [2.24, 2.45) is 0 Å². The van der Waals surface area contributed by atoms with Gasteiger partial charge in [0.15, 0.2) is 0 Å².